The summed E-state index contributed by atoms with van der Waals surface area (Å²) in [6.07, 6.45) is 5.08. The van der Waals surface area contributed by atoms with Crippen LogP contribution in [0.2, 0.25) is 0 Å². The molecule has 1 aromatic heterocycles. The van der Waals surface area contributed by atoms with Crippen molar-refractivity contribution < 1.29 is 0 Å². The van der Waals surface area contributed by atoms with Crippen molar-refractivity contribution >= 4 is 27.6 Å². The van der Waals surface area contributed by atoms with E-state index >= 15 is 0 Å². The van der Waals surface area contributed by atoms with Crippen molar-refractivity contribution in [3.05, 3.63) is 46.7 Å². The molecule has 0 saturated carbocycles. The first-order valence-corrected chi connectivity index (χ1v) is 10.4. The molecule has 8 heteroatoms. The van der Waals surface area contributed by atoms with Gasteiger partial charge in [0, 0.05) is 61.7 Å². The standard InChI is InChI=1S/C20H30BrN7/c1-22-20(23-12-19(26(2)3)15-11-24-27(4)13-15)25-17-9-10-28(14-17)18-7-5-16(21)6-8-18/h5-8,11,13,17,19H,9-10,12,14H2,1-4H3,(H2,22,23,25). The highest BCUT2D eigenvalue weighted by Gasteiger charge is 2.24. The van der Waals surface area contributed by atoms with Gasteiger partial charge in [-0.1, -0.05) is 15.9 Å². The van der Waals surface area contributed by atoms with Crippen LogP contribution < -0.4 is 15.5 Å². The molecule has 2 unspecified atom stereocenters. The van der Waals surface area contributed by atoms with E-state index in [0.29, 0.717) is 6.04 Å². The van der Waals surface area contributed by atoms with Gasteiger partial charge in [-0.2, -0.15) is 5.10 Å². The van der Waals surface area contributed by atoms with Crippen molar-refractivity contribution in [3.8, 4) is 0 Å². The van der Waals surface area contributed by atoms with Crippen molar-refractivity contribution in [2.75, 3.05) is 45.7 Å². The van der Waals surface area contributed by atoms with Gasteiger partial charge in [0.2, 0.25) is 0 Å². The third-order valence-electron chi connectivity index (χ3n) is 5.14. The molecule has 0 amide bonds. The first-order chi connectivity index (χ1) is 13.5. The fraction of sp³-hybridized carbons (Fsp3) is 0.500. The highest BCUT2D eigenvalue weighted by atomic mass is 79.9. The lowest BCUT2D eigenvalue weighted by Crippen LogP contribution is -2.46. The molecule has 0 aliphatic carbocycles. The Balaban J connectivity index is 1.54. The van der Waals surface area contributed by atoms with Crippen molar-refractivity contribution in [1.82, 2.24) is 25.3 Å². The summed E-state index contributed by atoms with van der Waals surface area (Å²) in [6, 6.07) is 9.12. The summed E-state index contributed by atoms with van der Waals surface area (Å²) in [5.74, 6) is 0.846. The lowest BCUT2D eigenvalue weighted by atomic mass is 10.1. The molecule has 1 saturated heterocycles. The topological polar surface area (TPSA) is 60.7 Å². The third kappa shape index (κ3) is 5.26. The Morgan fingerprint density at radius 1 is 1.36 bits per heavy atom. The lowest BCUT2D eigenvalue weighted by molar-refractivity contribution is 0.298. The number of likely N-dealkylation sites (N-methyl/N-ethyl adjacent to an activating group) is 1. The zero-order chi connectivity index (χ0) is 20.1. The van der Waals surface area contributed by atoms with E-state index in [4.69, 9.17) is 0 Å². The van der Waals surface area contributed by atoms with Crippen LogP contribution in [0.25, 0.3) is 0 Å². The summed E-state index contributed by atoms with van der Waals surface area (Å²) in [6.45, 7) is 2.79. The molecule has 2 atom stereocenters. The number of benzene rings is 1. The maximum absolute atomic E-state index is 4.42. The molecule has 0 spiro atoms. The smallest absolute Gasteiger partial charge is 0.191 e. The van der Waals surface area contributed by atoms with Crippen molar-refractivity contribution in [2.45, 2.75) is 18.5 Å². The van der Waals surface area contributed by atoms with Crippen molar-refractivity contribution in [2.24, 2.45) is 12.0 Å². The van der Waals surface area contributed by atoms with E-state index in [2.05, 4.69) is 91.0 Å². The largest absolute Gasteiger partial charge is 0.369 e. The second kappa shape index (κ2) is 9.43. The minimum Gasteiger partial charge on any atom is -0.369 e. The average Bonchev–Trinajstić information content (AvgIpc) is 3.30. The molecule has 3 rings (SSSR count). The van der Waals surface area contributed by atoms with E-state index in [0.717, 1.165) is 36.5 Å². The van der Waals surface area contributed by atoms with Gasteiger partial charge in [0.05, 0.1) is 12.2 Å². The van der Waals surface area contributed by atoms with Crippen LogP contribution >= 0.6 is 15.9 Å². The Labute approximate surface area is 175 Å². The number of halogens is 1. The minimum absolute atomic E-state index is 0.232. The molecular formula is C20H30BrN7. The first-order valence-electron chi connectivity index (χ1n) is 9.59. The molecule has 0 radical (unpaired) electrons. The predicted molar refractivity (Wildman–Crippen MR) is 119 cm³/mol. The Kier molecular flexibility index (Phi) is 6.96. The summed E-state index contributed by atoms with van der Waals surface area (Å²) in [4.78, 5) is 9.03. The maximum Gasteiger partial charge on any atom is 0.191 e. The second-order valence-electron chi connectivity index (χ2n) is 7.43. The molecule has 7 nitrogen and oxygen atoms in total. The number of hydrogen-bond donors (Lipinski definition) is 2. The van der Waals surface area contributed by atoms with Crippen molar-refractivity contribution in [1.29, 1.82) is 0 Å². The van der Waals surface area contributed by atoms with Gasteiger partial charge in [0.25, 0.3) is 0 Å². The molecule has 28 heavy (non-hydrogen) atoms. The summed E-state index contributed by atoms with van der Waals surface area (Å²) < 4.78 is 2.95. The summed E-state index contributed by atoms with van der Waals surface area (Å²) in [5.41, 5.74) is 2.46. The zero-order valence-corrected chi connectivity index (χ0v) is 18.6. The third-order valence-corrected chi connectivity index (χ3v) is 5.67. The van der Waals surface area contributed by atoms with Crippen LogP contribution in [-0.2, 0) is 7.05 Å². The van der Waals surface area contributed by atoms with Gasteiger partial charge in [-0.15, -0.1) is 0 Å². The molecule has 2 N–H and O–H groups in total. The SMILES string of the molecule is CN=C(NCC(c1cnn(C)c1)N(C)C)NC1CCN(c2ccc(Br)cc2)C1. The molecule has 152 valence electrons. The zero-order valence-electron chi connectivity index (χ0n) is 17.1. The van der Waals surface area contributed by atoms with E-state index in [-0.39, 0.29) is 6.04 Å². The van der Waals surface area contributed by atoms with Crippen LogP contribution in [0.4, 0.5) is 5.69 Å². The quantitative estimate of drug-likeness (QED) is 0.525. The first kappa shape index (κ1) is 20.7. The van der Waals surface area contributed by atoms with E-state index in [1.807, 2.05) is 25.0 Å². The average molecular weight is 448 g/mol. The van der Waals surface area contributed by atoms with E-state index in [1.54, 1.807) is 0 Å². The molecule has 1 aromatic carbocycles. The summed E-state index contributed by atoms with van der Waals surface area (Å²) >= 11 is 3.50. The molecule has 2 aromatic rings. The van der Waals surface area contributed by atoms with Crippen LogP contribution in [0.3, 0.4) is 0 Å². The number of aryl methyl sites for hydroxylation is 1. The van der Waals surface area contributed by atoms with E-state index in [9.17, 15) is 0 Å². The number of nitrogens with one attached hydrogen (secondary N) is 2. The lowest BCUT2D eigenvalue weighted by Gasteiger charge is -2.25. The van der Waals surface area contributed by atoms with Crippen LogP contribution in [0.15, 0.2) is 46.1 Å². The van der Waals surface area contributed by atoms with Gasteiger partial charge in [0.1, 0.15) is 0 Å². The minimum atomic E-state index is 0.232. The fourth-order valence-electron chi connectivity index (χ4n) is 3.56. The Morgan fingerprint density at radius 2 is 2.11 bits per heavy atom. The van der Waals surface area contributed by atoms with Crippen molar-refractivity contribution in [3.63, 3.8) is 0 Å². The molecule has 1 aliphatic heterocycles. The van der Waals surface area contributed by atoms with Crippen LogP contribution in [0, 0.1) is 0 Å². The summed E-state index contributed by atoms with van der Waals surface area (Å²) in [5, 5.41) is 11.4. The van der Waals surface area contributed by atoms with Gasteiger partial charge in [-0.05, 0) is 44.8 Å². The van der Waals surface area contributed by atoms with Gasteiger partial charge < -0.3 is 20.4 Å². The van der Waals surface area contributed by atoms with E-state index in [1.165, 1.54) is 11.3 Å². The number of rotatable bonds is 6. The van der Waals surface area contributed by atoms with Gasteiger partial charge in [-0.25, -0.2) is 0 Å². The number of aliphatic imine (C=N–C) groups is 1. The Morgan fingerprint density at radius 3 is 2.71 bits per heavy atom. The molecule has 0 bridgehead atoms. The molecule has 2 heterocycles. The monoisotopic (exact) mass is 447 g/mol. The number of anilines is 1. The number of guanidine groups is 1. The summed E-state index contributed by atoms with van der Waals surface area (Å²) in [7, 11) is 7.94. The van der Waals surface area contributed by atoms with Crippen LogP contribution in [0.5, 0.6) is 0 Å². The molecule has 1 aliphatic rings. The van der Waals surface area contributed by atoms with Crippen LogP contribution in [0.1, 0.15) is 18.0 Å². The number of aromatic nitrogens is 2. The van der Waals surface area contributed by atoms with E-state index < -0.39 is 0 Å². The van der Waals surface area contributed by atoms with Gasteiger partial charge in [-0.3, -0.25) is 9.67 Å². The fourth-order valence-corrected chi connectivity index (χ4v) is 3.82. The number of nitrogens with zero attached hydrogens (tertiary/aromatic N) is 5. The normalized spacial score (nSPS) is 18.6. The highest BCUT2D eigenvalue weighted by molar-refractivity contribution is 9.10. The van der Waals surface area contributed by atoms with Gasteiger partial charge in [0.15, 0.2) is 5.96 Å². The predicted octanol–water partition coefficient (Wildman–Crippen LogP) is 2.23. The Bertz CT molecular complexity index is 784. The molecule has 1 fully saturated rings. The Hall–Kier alpha value is -2.06. The van der Waals surface area contributed by atoms with Gasteiger partial charge >= 0.3 is 0 Å². The second-order valence-corrected chi connectivity index (χ2v) is 8.35. The highest BCUT2D eigenvalue weighted by Crippen LogP contribution is 2.22. The maximum atomic E-state index is 4.42. The van der Waals surface area contributed by atoms with Crippen LogP contribution in [-0.4, -0.2) is 67.5 Å². The molecular weight excluding hydrogens is 418 g/mol. The number of hydrogen-bond acceptors (Lipinski definition) is 4.